The summed E-state index contributed by atoms with van der Waals surface area (Å²) in [6.45, 7) is 2.09. The van der Waals surface area contributed by atoms with Gasteiger partial charge in [0, 0.05) is 25.8 Å². The van der Waals surface area contributed by atoms with Crippen molar-refractivity contribution in [3.8, 4) is 0 Å². The lowest BCUT2D eigenvalue weighted by Crippen LogP contribution is -2.27. The zero-order valence-electron chi connectivity index (χ0n) is 12.2. The molecule has 0 saturated carbocycles. The van der Waals surface area contributed by atoms with E-state index >= 15 is 0 Å². The summed E-state index contributed by atoms with van der Waals surface area (Å²) in [4.78, 5) is 2.07. The molecule has 4 nitrogen and oxygen atoms in total. The fourth-order valence-corrected chi connectivity index (χ4v) is 2.17. The van der Waals surface area contributed by atoms with Gasteiger partial charge in [-0.2, -0.15) is 0 Å². The lowest BCUT2D eigenvalue weighted by Gasteiger charge is -2.21. The van der Waals surface area contributed by atoms with E-state index in [2.05, 4.69) is 41.4 Å². The molecular formula is C16H22N2O2. The van der Waals surface area contributed by atoms with E-state index in [1.807, 2.05) is 26.2 Å². The second-order valence-corrected chi connectivity index (χ2v) is 5.12. The predicted octanol–water partition coefficient (Wildman–Crippen LogP) is 2.73. The van der Waals surface area contributed by atoms with Gasteiger partial charge in [0.15, 0.2) is 0 Å². The van der Waals surface area contributed by atoms with Crippen molar-refractivity contribution in [2.24, 2.45) is 0 Å². The SMILES string of the molecule is CC(NC(CO)c1ccco1)c1ccc(N(C)C)cc1. The van der Waals surface area contributed by atoms with Gasteiger partial charge in [-0.05, 0) is 36.8 Å². The average Bonchev–Trinajstić information content (AvgIpc) is 2.98. The zero-order valence-corrected chi connectivity index (χ0v) is 12.2. The van der Waals surface area contributed by atoms with E-state index in [1.54, 1.807) is 6.26 Å². The topological polar surface area (TPSA) is 48.6 Å². The smallest absolute Gasteiger partial charge is 0.123 e. The lowest BCUT2D eigenvalue weighted by atomic mass is 10.1. The molecule has 0 amide bonds. The van der Waals surface area contributed by atoms with Crippen LogP contribution in [-0.2, 0) is 0 Å². The van der Waals surface area contributed by atoms with E-state index in [9.17, 15) is 5.11 Å². The molecule has 2 aromatic rings. The Morgan fingerprint density at radius 3 is 2.40 bits per heavy atom. The van der Waals surface area contributed by atoms with Gasteiger partial charge in [0.25, 0.3) is 0 Å². The minimum atomic E-state index is -0.187. The van der Waals surface area contributed by atoms with Gasteiger partial charge in [-0.1, -0.05) is 12.1 Å². The van der Waals surface area contributed by atoms with E-state index in [0.29, 0.717) is 0 Å². The normalized spacial score (nSPS) is 14.0. The molecular weight excluding hydrogens is 252 g/mol. The number of hydrogen-bond donors (Lipinski definition) is 2. The molecule has 0 fully saturated rings. The summed E-state index contributed by atoms with van der Waals surface area (Å²) in [7, 11) is 4.05. The van der Waals surface area contributed by atoms with Gasteiger partial charge in [0.05, 0.1) is 18.9 Å². The first-order chi connectivity index (χ1) is 9.61. The van der Waals surface area contributed by atoms with Gasteiger partial charge in [0.1, 0.15) is 5.76 Å². The lowest BCUT2D eigenvalue weighted by molar-refractivity contribution is 0.217. The van der Waals surface area contributed by atoms with E-state index < -0.39 is 0 Å². The van der Waals surface area contributed by atoms with Gasteiger partial charge < -0.3 is 14.4 Å². The van der Waals surface area contributed by atoms with Gasteiger partial charge in [-0.25, -0.2) is 0 Å². The standard InChI is InChI=1S/C16H22N2O2/c1-12(13-6-8-14(9-7-13)18(2)3)17-15(11-19)16-5-4-10-20-16/h4-10,12,15,17,19H,11H2,1-3H3. The van der Waals surface area contributed by atoms with Crippen molar-refractivity contribution in [2.75, 3.05) is 25.6 Å². The Hall–Kier alpha value is -1.78. The molecule has 0 aliphatic carbocycles. The number of aliphatic hydroxyl groups is 1. The number of benzene rings is 1. The molecule has 0 aliphatic rings. The van der Waals surface area contributed by atoms with Crippen molar-refractivity contribution >= 4 is 5.69 Å². The highest BCUT2D eigenvalue weighted by molar-refractivity contribution is 5.46. The van der Waals surface area contributed by atoms with Crippen LogP contribution in [0.15, 0.2) is 47.1 Å². The molecule has 0 bridgehead atoms. The maximum absolute atomic E-state index is 9.48. The van der Waals surface area contributed by atoms with Gasteiger partial charge in [-0.15, -0.1) is 0 Å². The fraction of sp³-hybridized carbons (Fsp3) is 0.375. The molecule has 108 valence electrons. The summed E-state index contributed by atoms with van der Waals surface area (Å²) >= 11 is 0. The van der Waals surface area contributed by atoms with E-state index in [-0.39, 0.29) is 18.7 Å². The van der Waals surface area contributed by atoms with E-state index in [4.69, 9.17) is 4.42 Å². The summed E-state index contributed by atoms with van der Waals surface area (Å²) in [5, 5.41) is 12.9. The highest BCUT2D eigenvalue weighted by atomic mass is 16.3. The van der Waals surface area contributed by atoms with Crippen molar-refractivity contribution in [1.29, 1.82) is 0 Å². The first-order valence-electron chi connectivity index (χ1n) is 6.79. The number of furan rings is 1. The van der Waals surface area contributed by atoms with E-state index in [0.717, 1.165) is 5.76 Å². The van der Waals surface area contributed by atoms with E-state index in [1.165, 1.54) is 11.3 Å². The monoisotopic (exact) mass is 274 g/mol. The van der Waals surface area contributed by atoms with Crippen LogP contribution in [0.2, 0.25) is 0 Å². The molecule has 2 N–H and O–H groups in total. The third-order valence-electron chi connectivity index (χ3n) is 3.43. The Morgan fingerprint density at radius 1 is 1.20 bits per heavy atom. The quantitative estimate of drug-likeness (QED) is 0.850. The molecule has 1 heterocycles. The number of hydrogen-bond acceptors (Lipinski definition) is 4. The average molecular weight is 274 g/mol. The first kappa shape index (κ1) is 14.6. The maximum Gasteiger partial charge on any atom is 0.123 e. The van der Waals surface area contributed by atoms with Crippen molar-refractivity contribution in [3.63, 3.8) is 0 Å². The summed E-state index contributed by atoms with van der Waals surface area (Å²) in [6.07, 6.45) is 1.62. The Labute approximate surface area is 120 Å². The number of nitrogens with zero attached hydrogens (tertiary/aromatic N) is 1. The van der Waals surface area contributed by atoms with Crippen LogP contribution in [0.25, 0.3) is 0 Å². The minimum absolute atomic E-state index is 0.00757. The van der Waals surface area contributed by atoms with Crippen LogP contribution >= 0.6 is 0 Å². The van der Waals surface area contributed by atoms with Crippen LogP contribution in [-0.4, -0.2) is 25.8 Å². The molecule has 0 spiro atoms. The molecule has 0 saturated heterocycles. The molecule has 2 unspecified atom stereocenters. The third-order valence-corrected chi connectivity index (χ3v) is 3.43. The fourth-order valence-electron chi connectivity index (χ4n) is 2.17. The second-order valence-electron chi connectivity index (χ2n) is 5.12. The Balaban J connectivity index is 2.05. The predicted molar refractivity (Wildman–Crippen MR) is 80.9 cm³/mol. The molecule has 2 atom stereocenters. The Kier molecular flexibility index (Phi) is 4.82. The molecule has 0 radical (unpaired) electrons. The first-order valence-corrected chi connectivity index (χ1v) is 6.79. The molecule has 20 heavy (non-hydrogen) atoms. The van der Waals surface area contributed by atoms with Crippen LogP contribution in [0, 0.1) is 0 Å². The third kappa shape index (κ3) is 3.40. The minimum Gasteiger partial charge on any atom is -0.468 e. The van der Waals surface area contributed by atoms with Crippen LogP contribution in [0.4, 0.5) is 5.69 Å². The second kappa shape index (κ2) is 6.59. The molecule has 4 heteroatoms. The van der Waals surface area contributed by atoms with Gasteiger partial charge in [0.2, 0.25) is 0 Å². The number of nitrogens with one attached hydrogen (secondary N) is 1. The molecule has 1 aromatic heterocycles. The summed E-state index contributed by atoms with van der Waals surface area (Å²) in [5.41, 5.74) is 2.35. The number of aliphatic hydroxyl groups excluding tert-OH is 1. The van der Waals surface area contributed by atoms with Crippen molar-refractivity contribution in [1.82, 2.24) is 5.32 Å². The molecule has 2 rings (SSSR count). The summed E-state index contributed by atoms with van der Waals surface area (Å²) in [6, 6.07) is 12.0. The van der Waals surface area contributed by atoms with Crippen LogP contribution in [0.5, 0.6) is 0 Å². The highest BCUT2D eigenvalue weighted by Crippen LogP contribution is 2.21. The number of rotatable bonds is 6. The van der Waals surface area contributed by atoms with Crippen LogP contribution < -0.4 is 10.2 Å². The van der Waals surface area contributed by atoms with Gasteiger partial charge in [-0.3, -0.25) is 5.32 Å². The van der Waals surface area contributed by atoms with Crippen LogP contribution in [0.1, 0.15) is 30.3 Å². The van der Waals surface area contributed by atoms with Crippen molar-refractivity contribution in [2.45, 2.75) is 19.0 Å². The zero-order chi connectivity index (χ0) is 14.5. The number of anilines is 1. The maximum atomic E-state index is 9.48. The molecule has 0 aliphatic heterocycles. The summed E-state index contributed by atoms with van der Waals surface area (Å²) in [5.74, 6) is 0.754. The van der Waals surface area contributed by atoms with Crippen molar-refractivity contribution < 1.29 is 9.52 Å². The van der Waals surface area contributed by atoms with Gasteiger partial charge >= 0.3 is 0 Å². The Morgan fingerprint density at radius 2 is 1.90 bits per heavy atom. The van der Waals surface area contributed by atoms with Crippen LogP contribution in [0.3, 0.4) is 0 Å². The highest BCUT2D eigenvalue weighted by Gasteiger charge is 2.16. The molecule has 1 aromatic carbocycles. The largest absolute Gasteiger partial charge is 0.468 e. The Bertz CT molecular complexity index is 506. The summed E-state index contributed by atoms with van der Waals surface area (Å²) < 4.78 is 5.34. The van der Waals surface area contributed by atoms with Crippen molar-refractivity contribution in [3.05, 3.63) is 54.0 Å².